The van der Waals surface area contributed by atoms with Gasteiger partial charge >= 0.3 is 0 Å². The number of hydrogen-bond acceptors (Lipinski definition) is 6. The highest BCUT2D eigenvalue weighted by atomic mass is 16.3. The number of para-hydroxylation sites is 1. The van der Waals surface area contributed by atoms with Crippen molar-refractivity contribution >= 4 is 22.6 Å². The van der Waals surface area contributed by atoms with E-state index < -0.39 is 0 Å². The van der Waals surface area contributed by atoms with Crippen LogP contribution in [-0.2, 0) is 4.79 Å². The number of aromatic nitrogens is 2. The first kappa shape index (κ1) is 16.6. The molecule has 0 radical (unpaired) electrons. The molecule has 1 aliphatic rings. The van der Waals surface area contributed by atoms with Crippen molar-refractivity contribution in [3.05, 3.63) is 30.6 Å². The summed E-state index contributed by atoms with van der Waals surface area (Å²) in [6.07, 6.45) is 1.51. The van der Waals surface area contributed by atoms with E-state index in [1.54, 1.807) is 0 Å². The lowest BCUT2D eigenvalue weighted by atomic mass is 10.2. The summed E-state index contributed by atoms with van der Waals surface area (Å²) in [5.41, 5.74) is 0.854. The molecule has 0 saturated carbocycles. The highest BCUT2D eigenvalue weighted by Crippen LogP contribution is 2.19. The number of aliphatic hydroxyl groups is 1. The maximum atomic E-state index is 12.7. The molecule has 0 aliphatic carbocycles. The molecule has 1 fully saturated rings. The van der Waals surface area contributed by atoms with Gasteiger partial charge < -0.3 is 15.3 Å². The van der Waals surface area contributed by atoms with Crippen LogP contribution in [0, 0.1) is 0 Å². The fraction of sp³-hybridized carbons (Fsp3) is 0.471. The monoisotopic (exact) mass is 329 g/mol. The van der Waals surface area contributed by atoms with Crippen molar-refractivity contribution in [1.82, 2.24) is 19.8 Å². The highest BCUT2D eigenvalue weighted by Gasteiger charge is 2.25. The quantitative estimate of drug-likeness (QED) is 0.834. The van der Waals surface area contributed by atoms with Gasteiger partial charge in [-0.05, 0) is 19.1 Å². The number of aliphatic hydroxyl groups excluding tert-OH is 1. The second-order valence-electron chi connectivity index (χ2n) is 6.00. The van der Waals surface area contributed by atoms with Crippen molar-refractivity contribution in [2.24, 2.45) is 0 Å². The Morgan fingerprint density at radius 3 is 2.75 bits per heavy atom. The Hall–Kier alpha value is -2.25. The molecule has 2 N–H and O–H groups in total. The lowest BCUT2D eigenvalue weighted by molar-refractivity contribution is -0.133. The van der Waals surface area contributed by atoms with Crippen molar-refractivity contribution in [3.8, 4) is 0 Å². The summed E-state index contributed by atoms with van der Waals surface area (Å²) in [4.78, 5) is 25.2. The van der Waals surface area contributed by atoms with Crippen molar-refractivity contribution < 1.29 is 9.90 Å². The first-order chi connectivity index (χ1) is 11.7. The van der Waals surface area contributed by atoms with E-state index in [2.05, 4.69) is 20.2 Å². The van der Waals surface area contributed by atoms with Crippen LogP contribution in [0.5, 0.6) is 0 Å². The minimum Gasteiger partial charge on any atom is -0.395 e. The van der Waals surface area contributed by atoms with E-state index in [4.69, 9.17) is 5.11 Å². The maximum Gasteiger partial charge on any atom is 0.244 e. The van der Waals surface area contributed by atoms with Gasteiger partial charge in [0.05, 0.1) is 12.1 Å². The lowest BCUT2D eigenvalue weighted by Gasteiger charge is -2.35. The van der Waals surface area contributed by atoms with E-state index in [0.717, 1.165) is 24.0 Å². The Labute approximate surface area is 141 Å². The van der Waals surface area contributed by atoms with E-state index in [-0.39, 0.29) is 18.6 Å². The van der Waals surface area contributed by atoms with Gasteiger partial charge in [-0.3, -0.25) is 9.69 Å². The Morgan fingerprint density at radius 1 is 1.25 bits per heavy atom. The molecule has 2 heterocycles. The van der Waals surface area contributed by atoms with Crippen LogP contribution < -0.4 is 5.32 Å². The number of nitrogens with one attached hydrogen (secondary N) is 1. The average molecular weight is 329 g/mol. The number of anilines is 1. The van der Waals surface area contributed by atoms with Crippen molar-refractivity contribution in [2.45, 2.75) is 13.0 Å². The number of carbonyl (C=O) groups is 1. The van der Waals surface area contributed by atoms with Gasteiger partial charge in [0.2, 0.25) is 5.91 Å². The molecule has 1 amide bonds. The first-order valence-corrected chi connectivity index (χ1v) is 8.27. The predicted octanol–water partition coefficient (Wildman–Crippen LogP) is 0.567. The number of β-amino-alcohol motifs (C(OH)–C–C–N with tert-alkyl or cyclic N) is 1. The SMILES string of the molecule is CC(Nc1ncnc2ccccc12)C(=O)N1CCN(CCO)CC1. The fourth-order valence-electron chi connectivity index (χ4n) is 2.99. The summed E-state index contributed by atoms with van der Waals surface area (Å²) in [5.74, 6) is 0.752. The van der Waals surface area contributed by atoms with E-state index in [9.17, 15) is 4.79 Å². The van der Waals surface area contributed by atoms with Gasteiger partial charge in [-0.2, -0.15) is 0 Å². The van der Waals surface area contributed by atoms with Crippen LogP contribution >= 0.6 is 0 Å². The summed E-state index contributed by atoms with van der Waals surface area (Å²) in [7, 11) is 0. The van der Waals surface area contributed by atoms with Crippen LogP contribution in [0.4, 0.5) is 5.82 Å². The number of nitrogens with zero attached hydrogens (tertiary/aromatic N) is 4. The van der Waals surface area contributed by atoms with E-state index in [0.29, 0.717) is 25.5 Å². The molecule has 1 unspecified atom stereocenters. The number of benzene rings is 1. The second-order valence-corrected chi connectivity index (χ2v) is 6.00. The van der Waals surface area contributed by atoms with Crippen molar-refractivity contribution in [2.75, 3.05) is 44.6 Å². The molecule has 128 valence electrons. The van der Waals surface area contributed by atoms with Gasteiger partial charge in [-0.25, -0.2) is 9.97 Å². The molecule has 1 aromatic carbocycles. The topological polar surface area (TPSA) is 81.6 Å². The van der Waals surface area contributed by atoms with Crippen molar-refractivity contribution in [3.63, 3.8) is 0 Å². The Morgan fingerprint density at radius 2 is 2.00 bits per heavy atom. The standard InChI is InChI=1S/C17H23N5O2/c1-13(17(24)22-8-6-21(7-9-22)10-11-23)20-16-14-4-2-3-5-15(14)18-12-19-16/h2-5,12-13,23H,6-11H2,1H3,(H,18,19,20). The van der Waals surface area contributed by atoms with Gasteiger partial charge in [0.1, 0.15) is 18.2 Å². The third-order valence-corrected chi connectivity index (χ3v) is 4.37. The number of fused-ring (bicyclic) bond motifs is 1. The third-order valence-electron chi connectivity index (χ3n) is 4.37. The van der Waals surface area contributed by atoms with Gasteiger partial charge in [0.25, 0.3) is 0 Å². The zero-order chi connectivity index (χ0) is 16.9. The van der Waals surface area contributed by atoms with Crippen molar-refractivity contribution in [1.29, 1.82) is 0 Å². The molecular formula is C17H23N5O2. The normalized spacial score (nSPS) is 17.0. The molecule has 1 aromatic heterocycles. The first-order valence-electron chi connectivity index (χ1n) is 8.27. The summed E-state index contributed by atoms with van der Waals surface area (Å²) in [6, 6.07) is 7.38. The Balaban J connectivity index is 1.64. The molecule has 2 aromatic rings. The summed E-state index contributed by atoms with van der Waals surface area (Å²) in [6.45, 7) is 5.67. The molecule has 0 spiro atoms. The molecular weight excluding hydrogens is 306 g/mol. The molecule has 3 rings (SSSR count). The number of piperazine rings is 1. The Bertz CT molecular complexity index is 695. The summed E-state index contributed by atoms with van der Waals surface area (Å²) < 4.78 is 0. The van der Waals surface area contributed by atoms with Crippen LogP contribution in [0.3, 0.4) is 0 Å². The van der Waals surface area contributed by atoms with Crippen LogP contribution in [0.1, 0.15) is 6.92 Å². The predicted molar refractivity (Wildman–Crippen MR) is 92.7 cm³/mol. The summed E-state index contributed by atoms with van der Waals surface area (Å²) >= 11 is 0. The average Bonchev–Trinajstić information content (AvgIpc) is 2.62. The number of amides is 1. The van der Waals surface area contributed by atoms with E-state index in [1.807, 2.05) is 36.1 Å². The lowest BCUT2D eigenvalue weighted by Crippen LogP contribution is -2.52. The van der Waals surface area contributed by atoms with Crippen LogP contribution in [-0.4, -0.2) is 76.2 Å². The number of carbonyl (C=O) groups excluding carboxylic acids is 1. The highest BCUT2D eigenvalue weighted by molar-refractivity contribution is 5.91. The number of hydrogen-bond donors (Lipinski definition) is 2. The van der Waals surface area contributed by atoms with E-state index >= 15 is 0 Å². The van der Waals surface area contributed by atoms with Gasteiger partial charge in [0, 0.05) is 38.1 Å². The van der Waals surface area contributed by atoms with Gasteiger partial charge in [-0.15, -0.1) is 0 Å². The fourth-order valence-corrected chi connectivity index (χ4v) is 2.99. The second kappa shape index (κ2) is 7.55. The third kappa shape index (κ3) is 3.63. The molecule has 1 aliphatic heterocycles. The maximum absolute atomic E-state index is 12.7. The van der Waals surface area contributed by atoms with Crippen LogP contribution in [0.2, 0.25) is 0 Å². The number of rotatable bonds is 5. The smallest absolute Gasteiger partial charge is 0.244 e. The zero-order valence-corrected chi connectivity index (χ0v) is 13.9. The zero-order valence-electron chi connectivity index (χ0n) is 13.9. The molecule has 1 saturated heterocycles. The molecule has 1 atom stereocenters. The van der Waals surface area contributed by atoms with E-state index in [1.165, 1.54) is 6.33 Å². The molecule has 7 nitrogen and oxygen atoms in total. The largest absolute Gasteiger partial charge is 0.395 e. The minimum atomic E-state index is -0.354. The molecule has 0 bridgehead atoms. The minimum absolute atomic E-state index is 0.0707. The van der Waals surface area contributed by atoms with Gasteiger partial charge in [0.15, 0.2) is 0 Å². The molecule has 24 heavy (non-hydrogen) atoms. The summed E-state index contributed by atoms with van der Waals surface area (Å²) in [5, 5.41) is 13.1. The van der Waals surface area contributed by atoms with Crippen LogP contribution in [0.15, 0.2) is 30.6 Å². The Kier molecular flexibility index (Phi) is 5.22. The molecule has 7 heteroatoms. The van der Waals surface area contributed by atoms with Gasteiger partial charge in [-0.1, -0.05) is 12.1 Å². The van der Waals surface area contributed by atoms with Crippen LogP contribution in [0.25, 0.3) is 10.9 Å².